The van der Waals surface area contributed by atoms with Crippen LogP contribution in [-0.4, -0.2) is 26.1 Å². The maximum atomic E-state index is 10.3. The van der Waals surface area contributed by atoms with E-state index in [2.05, 4.69) is 10.3 Å². The van der Waals surface area contributed by atoms with E-state index in [9.17, 15) is 4.79 Å². The first-order valence-electron chi connectivity index (χ1n) is 4.37. The fraction of sp³-hybridized carbons (Fsp3) is 0.625. The quantitative estimate of drug-likeness (QED) is 0.739. The number of carbonyl (C=O) groups is 1. The summed E-state index contributed by atoms with van der Waals surface area (Å²) in [6, 6.07) is 0. The van der Waals surface area contributed by atoms with Gasteiger partial charge in [-0.1, -0.05) is 5.21 Å². The molecule has 1 aliphatic carbocycles. The van der Waals surface area contributed by atoms with Crippen molar-refractivity contribution < 1.29 is 9.90 Å². The molecule has 0 aliphatic heterocycles. The second kappa shape index (κ2) is 3.16. The molecular weight excluding hydrogens is 170 g/mol. The average molecular weight is 181 g/mol. The molecule has 1 aromatic rings. The Hall–Kier alpha value is -1.39. The Kier molecular flexibility index (Phi) is 2.00. The summed E-state index contributed by atoms with van der Waals surface area (Å²) in [6.07, 6.45) is 4.34. The number of hydrogen-bond donors (Lipinski definition) is 1. The Morgan fingerprint density at radius 1 is 1.69 bits per heavy atom. The van der Waals surface area contributed by atoms with Crippen molar-refractivity contribution in [3.63, 3.8) is 0 Å². The molecule has 1 aliphatic rings. The Labute approximate surface area is 75.4 Å². The number of aliphatic carboxylic acids is 1. The lowest BCUT2D eigenvalue weighted by Gasteiger charge is -1.94. The van der Waals surface area contributed by atoms with Crippen LogP contribution in [0, 0.1) is 0 Å². The van der Waals surface area contributed by atoms with E-state index >= 15 is 0 Å². The van der Waals surface area contributed by atoms with Crippen LogP contribution in [0.3, 0.4) is 0 Å². The fourth-order valence-corrected chi connectivity index (χ4v) is 1.20. The van der Waals surface area contributed by atoms with Gasteiger partial charge in [0.05, 0.1) is 18.7 Å². The Balaban J connectivity index is 1.92. The van der Waals surface area contributed by atoms with Crippen LogP contribution in [0.5, 0.6) is 0 Å². The van der Waals surface area contributed by atoms with Crippen LogP contribution in [-0.2, 0) is 11.3 Å². The Bertz CT molecular complexity index is 317. The van der Waals surface area contributed by atoms with Crippen LogP contribution in [0.4, 0.5) is 0 Å². The van der Waals surface area contributed by atoms with E-state index in [0.29, 0.717) is 12.5 Å². The minimum absolute atomic E-state index is 0.105. The van der Waals surface area contributed by atoms with Crippen LogP contribution in [0.25, 0.3) is 0 Å². The van der Waals surface area contributed by atoms with Crippen molar-refractivity contribution >= 4 is 5.97 Å². The molecule has 0 unspecified atom stereocenters. The molecule has 5 nitrogen and oxygen atoms in total. The highest BCUT2D eigenvalue weighted by Gasteiger charge is 2.26. The lowest BCUT2D eigenvalue weighted by Crippen LogP contribution is -2.04. The van der Waals surface area contributed by atoms with Gasteiger partial charge in [-0.2, -0.15) is 0 Å². The molecule has 0 bridgehead atoms. The van der Waals surface area contributed by atoms with Crippen molar-refractivity contribution in [2.75, 3.05) is 0 Å². The standard InChI is InChI=1S/C8H11N3O2/c12-8(13)3-4-11-5-7(9-10-11)6-1-2-6/h5-6H,1-4H2,(H,12,13). The molecule has 1 fully saturated rings. The zero-order valence-electron chi connectivity index (χ0n) is 7.18. The highest BCUT2D eigenvalue weighted by atomic mass is 16.4. The van der Waals surface area contributed by atoms with E-state index in [1.54, 1.807) is 4.68 Å². The number of nitrogens with zero attached hydrogens (tertiary/aromatic N) is 3. The monoisotopic (exact) mass is 181 g/mol. The third-order valence-corrected chi connectivity index (χ3v) is 2.11. The van der Waals surface area contributed by atoms with Crippen molar-refractivity contribution in [2.45, 2.75) is 31.7 Å². The number of carboxylic acid groups (broad SMARTS) is 1. The molecule has 1 N–H and O–H groups in total. The van der Waals surface area contributed by atoms with Crippen molar-refractivity contribution in [1.29, 1.82) is 0 Å². The topological polar surface area (TPSA) is 68.0 Å². The fourth-order valence-electron chi connectivity index (χ4n) is 1.20. The van der Waals surface area contributed by atoms with Gasteiger partial charge in [0.15, 0.2) is 0 Å². The third-order valence-electron chi connectivity index (χ3n) is 2.11. The molecule has 1 heterocycles. The first-order chi connectivity index (χ1) is 6.25. The molecular formula is C8H11N3O2. The summed E-state index contributed by atoms with van der Waals surface area (Å²) in [4.78, 5) is 10.3. The van der Waals surface area contributed by atoms with Gasteiger partial charge >= 0.3 is 5.97 Å². The molecule has 2 rings (SSSR count). The van der Waals surface area contributed by atoms with E-state index in [1.165, 1.54) is 12.8 Å². The Morgan fingerprint density at radius 2 is 2.46 bits per heavy atom. The van der Waals surface area contributed by atoms with Crippen molar-refractivity contribution in [1.82, 2.24) is 15.0 Å². The van der Waals surface area contributed by atoms with Gasteiger partial charge in [-0.3, -0.25) is 9.48 Å². The van der Waals surface area contributed by atoms with E-state index in [4.69, 9.17) is 5.11 Å². The van der Waals surface area contributed by atoms with Crippen LogP contribution < -0.4 is 0 Å². The van der Waals surface area contributed by atoms with Crippen LogP contribution in [0.1, 0.15) is 30.9 Å². The van der Waals surface area contributed by atoms with Gasteiger partial charge in [0, 0.05) is 12.1 Å². The Morgan fingerprint density at radius 3 is 3.08 bits per heavy atom. The molecule has 0 spiro atoms. The molecule has 0 radical (unpaired) electrons. The summed E-state index contributed by atoms with van der Waals surface area (Å²) in [5.74, 6) is -0.220. The second-order valence-corrected chi connectivity index (χ2v) is 3.32. The largest absolute Gasteiger partial charge is 0.481 e. The number of aryl methyl sites for hydroxylation is 1. The molecule has 0 saturated heterocycles. The van der Waals surface area contributed by atoms with Gasteiger partial charge in [-0.25, -0.2) is 0 Å². The molecule has 0 amide bonds. The van der Waals surface area contributed by atoms with Gasteiger partial charge in [0.25, 0.3) is 0 Å². The SMILES string of the molecule is O=C(O)CCn1cc(C2CC2)nn1. The average Bonchev–Trinajstić information content (AvgIpc) is 2.83. The second-order valence-electron chi connectivity index (χ2n) is 3.32. The number of carboxylic acids is 1. The highest BCUT2D eigenvalue weighted by molar-refractivity contribution is 5.66. The number of hydrogen-bond acceptors (Lipinski definition) is 3. The molecule has 5 heteroatoms. The first-order valence-corrected chi connectivity index (χ1v) is 4.37. The van der Waals surface area contributed by atoms with Crippen LogP contribution in [0.15, 0.2) is 6.20 Å². The van der Waals surface area contributed by atoms with Crippen molar-refractivity contribution in [3.8, 4) is 0 Å². The minimum atomic E-state index is -0.802. The number of aromatic nitrogens is 3. The maximum Gasteiger partial charge on any atom is 0.305 e. The maximum absolute atomic E-state index is 10.3. The smallest absolute Gasteiger partial charge is 0.305 e. The summed E-state index contributed by atoms with van der Waals surface area (Å²) in [5.41, 5.74) is 1.00. The molecule has 1 aromatic heterocycles. The van der Waals surface area contributed by atoms with E-state index in [1.807, 2.05) is 6.20 Å². The lowest BCUT2D eigenvalue weighted by atomic mass is 10.3. The summed E-state index contributed by atoms with van der Waals surface area (Å²) in [6.45, 7) is 0.412. The number of rotatable bonds is 4. The van der Waals surface area contributed by atoms with Gasteiger partial charge in [-0.15, -0.1) is 5.10 Å². The predicted octanol–water partition coefficient (Wildman–Crippen LogP) is 0.630. The predicted molar refractivity (Wildman–Crippen MR) is 44.2 cm³/mol. The zero-order chi connectivity index (χ0) is 9.26. The molecule has 0 aromatic carbocycles. The molecule has 70 valence electrons. The van der Waals surface area contributed by atoms with Crippen LogP contribution >= 0.6 is 0 Å². The molecule has 13 heavy (non-hydrogen) atoms. The van der Waals surface area contributed by atoms with E-state index < -0.39 is 5.97 Å². The summed E-state index contributed by atoms with van der Waals surface area (Å²) < 4.78 is 1.60. The van der Waals surface area contributed by atoms with E-state index in [0.717, 1.165) is 5.69 Å². The van der Waals surface area contributed by atoms with Crippen molar-refractivity contribution in [3.05, 3.63) is 11.9 Å². The summed E-state index contributed by atoms with van der Waals surface area (Å²) in [5, 5.41) is 16.3. The van der Waals surface area contributed by atoms with E-state index in [-0.39, 0.29) is 6.42 Å². The van der Waals surface area contributed by atoms with Crippen LogP contribution in [0.2, 0.25) is 0 Å². The molecule has 0 atom stereocenters. The zero-order valence-corrected chi connectivity index (χ0v) is 7.18. The molecule has 1 saturated carbocycles. The normalized spacial score (nSPS) is 16.0. The van der Waals surface area contributed by atoms with Gasteiger partial charge in [0.1, 0.15) is 0 Å². The van der Waals surface area contributed by atoms with Gasteiger partial charge in [0.2, 0.25) is 0 Å². The summed E-state index contributed by atoms with van der Waals surface area (Å²) >= 11 is 0. The third kappa shape index (κ3) is 2.05. The summed E-state index contributed by atoms with van der Waals surface area (Å²) in [7, 11) is 0. The van der Waals surface area contributed by atoms with Gasteiger partial charge < -0.3 is 5.11 Å². The van der Waals surface area contributed by atoms with Crippen molar-refractivity contribution in [2.24, 2.45) is 0 Å². The van der Waals surface area contributed by atoms with Gasteiger partial charge in [-0.05, 0) is 12.8 Å². The lowest BCUT2D eigenvalue weighted by molar-refractivity contribution is -0.137. The first kappa shape index (κ1) is 8.22. The minimum Gasteiger partial charge on any atom is -0.481 e. The highest BCUT2D eigenvalue weighted by Crippen LogP contribution is 2.38.